The van der Waals surface area contributed by atoms with Crippen molar-refractivity contribution in [2.45, 2.75) is 24.0 Å². The molecular formula is C23H34N6O3S+2. The van der Waals surface area contributed by atoms with Gasteiger partial charge in [-0.3, -0.25) is 13.9 Å². The van der Waals surface area contributed by atoms with Crippen LogP contribution in [-0.2, 0) is 20.6 Å². The third-order valence-electron chi connectivity index (χ3n) is 6.50. The van der Waals surface area contributed by atoms with E-state index in [1.54, 1.807) is 22.8 Å². The summed E-state index contributed by atoms with van der Waals surface area (Å²) < 4.78 is 4.12. The van der Waals surface area contributed by atoms with E-state index in [1.807, 2.05) is 11.8 Å². The number of hydrogen-bond acceptors (Lipinski definition) is 5. The zero-order valence-corrected chi connectivity index (χ0v) is 20.2. The zero-order valence-electron chi connectivity index (χ0n) is 19.4. The molecule has 1 aliphatic rings. The van der Waals surface area contributed by atoms with Crippen molar-refractivity contribution in [3.05, 3.63) is 57.5 Å². The number of thioether (sulfide) groups is 1. The van der Waals surface area contributed by atoms with Gasteiger partial charge in [0.05, 0.1) is 19.4 Å². The van der Waals surface area contributed by atoms with Crippen LogP contribution < -0.4 is 21.0 Å². The van der Waals surface area contributed by atoms with Gasteiger partial charge in [0, 0.05) is 31.2 Å². The second-order valence-electron chi connectivity index (χ2n) is 8.90. The van der Waals surface area contributed by atoms with Crippen LogP contribution in [0.4, 0.5) is 0 Å². The number of rotatable bonds is 9. The molecule has 0 aliphatic carbocycles. The van der Waals surface area contributed by atoms with Gasteiger partial charge in [-0.25, -0.2) is 9.78 Å². The molecule has 1 aromatic carbocycles. The zero-order chi connectivity index (χ0) is 23.4. The van der Waals surface area contributed by atoms with Gasteiger partial charge in [-0.15, -0.1) is 11.8 Å². The predicted octanol–water partition coefficient (Wildman–Crippen LogP) is -2.24. The first-order chi connectivity index (χ1) is 15.9. The minimum absolute atomic E-state index is 0.292. The Balaban J connectivity index is 1.23. The van der Waals surface area contributed by atoms with Crippen LogP contribution in [0.15, 0.2) is 51.1 Å². The van der Waals surface area contributed by atoms with Crippen LogP contribution >= 0.6 is 11.8 Å². The average Bonchev–Trinajstić information content (AvgIpc) is 3.24. The molecule has 1 aliphatic heterocycles. The maximum Gasteiger partial charge on any atom is 0.332 e. The molecule has 178 valence electrons. The molecule has 1 saturated heterocycles. The van der Waals surface area contributed by atoms with Gasteiger partial charge in [0.1, 0.15) is 38.8 Å². The molecule has 2 aromatic heterocycles. The molecule has 4 rings (SSSR count). The highest BCUT2D eigenvalue weighted by molar-refractivity contribution is 7.99. The molecule has 3 N–H and O–H groups in total. The van der Waals surface area contributed by atoms with Crippen LogP contribution in [0.3, 0.4) is 0 Å². The molecule has 3 aromatic rings. The molecule has 0 bridgehead atoms. The highest BCUT2D eigenvalue weighted by atomic mass is 32.2. The molecule has 0 radical (unpaired) electrons. The van der Waals surface area contributed by atoms with Gasteiger partial charge in [-0.2, -0.15) is 0 Å². The lowest BCUT2D eigenvalue weighted by Gasteiger charge is -2.30. The van der Waals surface area contributed by atoms with E-state index in [1.165, 1.54) is 34.4 Å². The van der Waals surface area contributed by atoms with E-state index in [9.17, 15) is 14.7 Å². The van der Waals surface area contributed by atoms with Crippen molar-refractivity contribution < 1.29 is 14.9 Å². The van der Waals surface area contributed by atoms with Crippen LogP contribution in [0.2, 0.25) is 0 Å². The van der Waals surface area contributed by atoms with Crippen molar-refractivity contribution >= 4 is 22.9 Å². The number of quaternary nitrogens is 2. The first-order valence-corrected chi connectivity index (χ1v) is 12.6. The van der Waals surface area contributed by atoms with E-state index in [0.717, 1.165) is 36.5 Å². The van der Waals surface area contributed by atoms with Crippen molar-refractivity contribution in [2.75, 3.05) is 45.0 Å². The van der Waals surface area contributed by atoms with Gasteiger partial charge < -0.3 is 19.5 Å². The van der Waals surface area contributed by atoms with E-state index in [2.05, 4.69) is 35.3 Å². The molecular weight excluding hydrogens is 440 g/mol. The normalized spacial score (nSPS) is 19.7. The molecule has 9 nitrogen and oxygen atoms in total. The molecule has 0 amide bonds. The summed E-state index contributed by atoms with van der Waals surface area (Å²) >= 11 is 1.92. The Hall–Kier alpha value is -2.40. The fourth-order valence-electron chi connectivity index (χ4n) is 4.60. The number of hydrogen-bond donors (Lipinski definition) is 3. The molecule has 1 atom stereocenters. The lowest BCUT2D eigenvalue weighted by Crippen LogP contribution is -3.28. The van der Waals surface area contributed by atoms with Gasteiger partial charge >= 0.3 is 5.69 Å². The number of nitrogens with one attached hydrogen (secondary N) is 2. The van der Waals surface area contributed by atoms with Crippen LogP contribution in [0.5, 0.6) is 0 Å². The Morgan fingerprint density at radius 1 is 1.06 bits per heavy atom. The number of imidazole rings is 1. The standard InChI is InChI=1S/C23H32N6O3S/c1-25-21-20(22(31)26(2)23(25)32)29(17-24-21)16-18(30)15-28-12-10-27(11-13-28)9-6-14-33-19-7-4-3-5-8-19/h3-5,7-8,17-18,30H,6,9-16H2,1-2H3/p+2/t18-/m1/s1. The van der Waals surface area contributed by atoms with Gasteiger partial charge in [-0.1, -0.05) is 18.2 Å². The first kappa shape index (κ1) is 23.7. The molecule has 3 heterocycles. The molecule has 33 heavy (non-hydrogen) atoms. The van der Waals surface area contributed by atoms with Crippen LogP contribution in [0.25, 0.3) is 11.2 Å². The SMILES string of the molecule is Cn1c(=O)c2c(ncn2C[C@H](O)C[NH+]2CC[NH+](CCCSc3ccccc3)CC2)n(C)c1=O. The largest absolute Gasteiger partial charge is 0.385 e. The van der Waals surface area contributed by atoms with Gasteiger partial charge in [0.25, 0.3) is 5.56 Å². The minimum atomic E-state index is -0.580. The monoisotopic (exact) mass is 474 g/mol. The summed E-state index contributed by atoms with van der Waals surface area (Å²) in [5.41, 5.74) is -0.0730. The Kier molecular flexibility index (Phi) is 7.69. The van der Waals surface area contributed by atoms with E-state index in [0.29, 0.717) is 24.3 Å². The number of aryl methyl sites for hydroxylation is 1. The molecule has 1 fully saturated rings. The molecule has 0 saturated carbocycles. The summed E-state index contributed by atoms with van der Waals surface area (Å²) in [5, 5.41) is 10.7. The van der Waals surface area contributed by atoms with Gasteiger partial charge in [0.15, 0.2) is 11.2 Å². The summed E-state index contributed by atoms with van der Waals surface area (Å²) in [7, 11) is 3.06. The Labute approximate surface area is 197 Å². The number of aliphatic hydroxyl groups is 1. The third kappa shape index (κ3) is 5.57. The van der Waals surface area contributed by atoms with Crippen LogP contribution in [0.1, 0.15) is 6.42 Å². The summed E-state index contributed by atoms with van der Waals surface area (Å²) in [6, 6.07) is 10.5. The van der Waals surface area contributed by atoms with Gasteiger partial charge in [-0.05, 0) is 12.1 Å². The molecule has 10 heteroatoms. The summed E-state index contributed by atoms with van der Waals surface area (Å²) in [6.07, 6.45) is 2.17. The summed E-state index contributed by atoms with van der Waals surface area (Å²) in [6.45, 7) is 6.45. The number of aliphatic hydroxyl groups excluding tert-OH is 1. The maximum absolute atomic E-state index is 12.6. The highest BCUT2D eigenvalue weighted by Crippen LogP contribution is 2.17. The van der Waals surface area contributed by atoms with Gasteiger partial charge in [0.2, 0.25) is 0 Å². The quantitative estimate of drug-likeness (QED) is 0.241. The topological polar surface area (TPSA) is 90.9 Å². The fourth-order valence-corrected chi connectivity index (χ4v) is 5.47. The van der Waals surface area contributed by atoms with Crippen molar-refractivity contribution in [1.29, 1.82) is 0 Å². The van der Waals surface area contributed by atoms with Crippen LogP contribution in [0, 0.1) is 0 Å². The second-order valence-corrected chi connectivity index (χ2v) is 10.1. The minimum Gasteiger partial charge on any atom is -0.385 e. The Morgan fingerprint density at radius 3 is 2.48 bits per heavy atom. The molecule has 0 spiro atoms. The van der Waals surface area contributed by atoms with Crippen LogP contribution in [-0.4, -0.2) is 74.9 Å². The van der Waals surface area contributed by atoms with E-state index in [4.69, 9.17) is 0 Å². The second kappa shape index (κ2) is 10.7. The Morgan fingerprint density at radius 2 is 1.76 bits per heavy atom. The lowest BCUT2D eigenvalue weighted by molar-refractivity contribution is -1.01. The smallest absolute Gasteiger partial charge is 0.332 e. The summed E-state index contributed by atoms with van der Waals surface area (Å²) in [4.78, 5) is 33.3. The predicted molar refractivity (Wildman–Crippen MR) is 129 cm³/mol. The number of benzene rings is 1. The lowest BCUT2D eigenvalue weighted by atomic mass is 10.2. The maximum atomic E-state index is 12.6. The summed E-state index contributed by atoms with van der Waals surface area (Å²) in [5.74, 6) is 1.15. The molecule has 0 unspecified atom stereocenters. The number of piperazine rings is 1. The van der Waals surface area contributed by atoms with Crippen molar-refractivity contribution in [1.82, 2.24) is 18.7 Å². The highest BCUT2D eigenvalue weighted by Gasteiger charge is 2.25. The number of nitrogens with zero attached hydrogens (tertiary/aromatic N) is 4. The van der Waals surface area contributed by atoms with E-state index in [-0.39, 0.29) is 5.56 Å². The number of fused-ring (bicyclic) bond motifs is 1. The van der Waals surface area contributed by atoms with Crippen molar-refractivity contribution in [3.8, 4) is 0 Å². The Bertz CT molecular complexity index is 1180. The van der Waals surface area contributed by atoms with E-state index < -0.39 is 11.8 Å². The third-order valence-corrected chi connectivity index (χ3v) is 7.60. The number of aromatic nitrogens is 4. The van der Waals surface area contributed by atoms with E-state index >= 15 is 0 Å². The van der Waals surface area contributed by atoms with Crippen molar-refractivity contribution in [3.63, 3.8) is 0 Å². The first-order valence-electron chi connectivity index (χ1n) is 11.6. The van der Waals surface area contributed by atoms with Crippen molar-refractivity contribution in [2.24, 2.45) is 14.1 Å². The average molecular weight is 475 g/mol. The fraction of sp³-hybridized carbons (Fsp3) is 0.522.